The second-order valence-corrected chi connectivity index (χ2v) is 6.42. The highest BCUT2D eigenvalue weighted by Gasteiger charge is 2.24. The standard InChI is InChI=1S/C21H20N4O/c1-15-18-10-6-5-7-16(18)13-14-25(15)20-12-11-19(23-24-20)21(26)22-17-8-3-2-4-9-17/h2-12,15H,13-14H2,1H3,(H,22,26). The van der Waals surface area contributed by atoms with E-state index in [0.29, 0.717) is 5.69 Å². The van der Waals surface area contributed by atoms with Crippen molar-refractivity contribution in [3.8, 4) is 0 Å². The van der Waals surface area contributed by atoms with Crippen LogP contribution in [0.1, 0.15) is 34.6 Å². The predicted octanol–water partition coefficient (Wildman–Crippen LogP) is 3.85. The highest BCUT2D eigenvalue weighted by Crippen LogP contribution is 2.32. The Balaban J connectivity index is 1.50. The number of para-hydroxylation sites is 1. The Morgan fingerprint density at radius 2 is 1.77 bits per heavy atom. The minimum Gasteiger partial charge on any atom is -0.348 e. The van der Waals surface area contributed by atoms with Gasteiger partial charge in [0.25, 0.3) is 5.91 Å². The minimum absolute atomic E-state index is 0.234. The monoisotopic (exact) mass is 344 g/mol. The van der Waals surface area contributed by atoms with Crippen molar-refractivity contribution in [2.24, 2.45) is 0 Å². The number of aromatic nitrogens is 2. The summed E-state index contributed by atoms with van der Waals surface area (Å²) in [6.07, 6.45) is 0.985. The molecule has 1 aliphatic heterocycles. The van der Waals surface area contributed by atoms with Gasteiger partial charge < -0.3 is 10.2 Å². The van der Waals surface area contributed by atoms with E-state index in [1.807, 2.05) is 36.4 Å². The molecule has 0 fully saturated rings. The maximum atomic E-state index is 12.3. The SMILES string of the molecule is CC1c2ccccc2CCN1c1ccc(C(=O)Nc2ccccc2)nn1. The largest absolute Gasteiger partial charge is 0.348 e. The van der Waals surface area contributed by atoms with Gasteiger partial charge in [-0.15, -0.1) is 10.2 Å². The molecule has 1 atom stereocenters. The molecule has 0 radical (unpaired) electrons. The number of carbonyl (C=O) groups excluding carboxylic acids is 1. The molecule has 5 heteroatoms. The van der Waals surface area contributed by atoms with Crippen LogP contribution in [0.5, 0.6) is 0 Å². The summed E-state index contributed by atoms with van der Waals surface area (Å²) in [5, 5.41) is 11.3. The third kappa shape index (κ3) is 3.16. The molecule has 130 valence electrons. The number of rotatable bonds is 3. The van der Waals surface area contributed by atoms with Crippen LogP contribution in [-0.2, 0) is 6.42 Å². The highest BCUT2D eigenvalue weighted by molar-refractivity contribution is 6.02. The Morgan fingerprint density at radius 1 is 1.00 bits per heavy atom. The number of hydrogen-bond donors (Lipinski definition) is 1. The molecule has 0 spiro atoms. The molecule has 1 aliphatic rings. The van der Waals surface area contributed by atoms with Crippen molar-refractivity contribution in [2.45, 2.75) is 19.4 Å². The smallest absolute Gasteiger partial charge is 0.276 e. The van der Waals surface area contributed by atoms with Crippen LogP contribution in [0.4, 0.5) is 11.5 Å². The van der Waals surface area contributed by atoms with Crippen LogP contribution in [0.3, 0.4) is 0 Å². The number of fused-ring (bicyclic) bond motifs is 1. The average Bonchev–Trinajstić information content (AvgIpc) is 2.69. The topological polar surface area (TPSA) is 58.1 Å². The molecule has 3 aromatic rings. The lowest BCUT2D eigenvalue weighted by Gasteiger charge is -2.35. The molecule has 1 N–H and O–H groups in total. The lowest BCUT2D eigenvalue weighted by atomic mass is 9.94. The van der Waals surface area contributed by atoms with Crippen molar-refractivity contribution in [3.63, 3.8) is 0 Å². The van der Waals surface area contributed by atoms with Gasteiger partial charge in [0, 0.05) is 12.2 Å². The summed E-state index contributed by atoms with van der Waals surface area (Å²) in [7, 11) is 0. The summed E-state index contributed by atoms with van der Waals surface area (Å²) in [6, 6.07) is 21.7. The van der Waals surface area contributed by atoms with Gasteiger partial charge in [0.1, 0.15) is 0 Å². The zero-order chi connectivity index (χ0) is 17.9. The van der Waals surface area contributed by atoms with E-state index in [1.54, 1.807) is 6.07 Å². The average molecular weight is 344 g/mol. The zero-order valence-corrected chi connectivity index (χ0v) is 14.6. The summed E-state index contributed by atoms with van der Waals surface area (Å²) >= 11 is 0. The van der Waals surface area contributed by atoms with Crippen molar-refractivity contribution < 1.29 is 4.79 Å². The normalized spacial score (nSPS) is 16.0. The minimum atomic E-state index is -0.257. The van der Waals surface area contributed by atoms with Crippen LogP contribution in [0.25, 0.3) is 0 Å². The fourth-order valence-corrected chi connectivity index (χ4v) is 3.40. The molecule has 0 bridgehead atoms. The summed E-state index contributed by atoms with van der Waals surface area (Å²) in [4.78, 5) is 14.5. The lowest BCUT2D eigenvalue weighted by molar-refractivity contribution is 0.102. The number of carbonyl (C=O) groups is 1. The van der Waals surface area contributed by atoms with Gasteiger partial charge in [-0.25, -0.2) is 0 Å². The predicted molar refractivity (Wildman–Crippen MR) is 102 cm³/mol. The molecular weight excluding hydrogens is 324 g/mol. The second-order valence-electron chi connectivity index (χ2n) is 6.42. The fraction of sp³-hybridized carbons (Fsp3) is 0.190. The van der Waals surface area contributed by atoms with Gasteiger partial charge in [0.15, 0.2) is 11.5 Å². The van der Waals surface area contributed by atoms with E-state index in [-0.39, 0.29) is 11.9 Å². The molecule has 5 nitrogen and oxygen atoms in total. The number of hydrogen-bond acceptors (Lipinski definition) is 4. The molecule has 1 aromatic heterocycles. The van der Waals surface area contributed by atoms with E-state index in [2.05, 4.69) is 51.6 Å². The molecule has 1 unspecified atom stereocenters. The zero-order valence-electron chi connectivity index (χ0n) is 14.6. The van der Waals surface area contributed by atoms with Gasteiger partial charge in [-0.05, 0) is 48.7 Å². The van der Waals surface area contributed by atoms with Crippen molar-refractivity contribution in [3.05, 3.63) is 83.6 Å². The van der Waals surface area contributed by atoms with E-state index in [4.69, 9.17) is 0 Å². The van der Waals surface area contributed by atoms with Crippen LogP contribution in [0.2, 0.25) is 0 Å². The molecule has 4 rings (SSSR count). The molecule has 0 saturated heterocycles. The third-order valence-corrected chi connectivity index (χ3v) is 4.80. The molecule has 1 amide bonds. The van der Waals surface area contributed by atoms with Gasteiger partial charge in [-0.1, -0.05) is 42.5 Å². The van der Waals surface area contributed by atoms with Crippen molar-refractivity contribution in [2.75, 3.05) is 16.8 Å². The summed E-state index contributed by atoms with van der Waals surface area (Å²) < 4.78 is 0. The first-order chi connectivity index (χ1) is 12.7. The second kappa shape index (κ2) is 6.96. The summed E-state index contributed by atoms with van der Waals surface area (Å²) in [5.41, 5.74) is 3.77. The van der Waals surface area contributed by atoms with Crippen LogP contribution in [0, 0.1) is 0 Å². The van der Waals surface area contributed by atoms with E-state index in [1.165, 1.54) is 11.1 Å². The van der Waals surface area contributed by atoms with Gasteiger partial charge in [-0.2, -0.15) is 0 Å². The summed E-state index contributed by atoms with van der Waals surface area (Å²) in [5.74, 6) is 0.538. The molecule has 0 saturated carbocycles. The van der Waals surface area contributed by atoms with Crippen LogP contribution in [-0.4, -0.2) is 22.6 Å². The quantitative estimate of drug-likeness (QED) is 0.784. The highest BCUT2D eigenvalue weighted by atomic mass is 16.1. The molecule has 26 heavy (non-hydrogen) atoms. The van der Waals surface area contributed by atoms with Crippen LogP contribution >= 0.6 is 0 Å². The Morgan fingerprint density at radius 3 is 2.54 bits per heavy atom. The number of nitrogens with one attached hydrogen (secondary N) is 1. The molecule has 2 heterocycles. The van der Waals surface area contributed by atoms with E-state index < -0.39 is 0 Å². The molecule has 0 aliphatic carbocycles. The van der Waals surface area contributed by atoms with Crippen molar-refractivity contribution in [1.82, 2.24) is 10.2 Å². The lowest BCUT2D eigenvalue weighted by Crippen LogP contribution is -2.34. The van der Waals surface area contributed by atoms with Gasteiger partial charge in [0.05, 0.1) is 6.04 Å². The number of amides is 1. The number of anilines is 2. The Labute approximate surface area is 152 Å². The van der Waals surface area contributed by atoms with Crippen molar-refractivity contribution >= 4 is 17.4 Å². The van der Waals surface area contributed by atoms with E-state index in [0.717, 1.165) is 24.5 Å². The third-order valence-electron chi connectivity index (χ3n) is 4.80. The molecule has 2 aromatic carbocycles. The Bertz CT molecular complexity index is 909. The maximum absolute atomic E-state index is 12.3. The number of benzene rings is 2. The Kier molecular flexibility index (Phi) is 4.35. The first-order valence-corrected chi connectivity index (χ1v) is 8.77. The van der Waals surface area contributed by atoms with Gasteiger partial charge in [-0.3, -0.25) is 4.79 Å². The van der Waals surface area contributed by atoms with Gasteiger partial charge in [0.2, 0.25) is 0 Å². The molecular formula is C21H20N4O. The van der Waals surface area contributed by atoms with Crippen LogP contribution in [0.15, 0.2) is 66.7 Å². The van der Waals surface area contributed by atoms with Crippen LogP contribution < -0.4 is 10.2 Å². The first-order valence-electron chi connectivity index (χ1n) is 8.77. The van der Waals surface area contributed by atoms with Crippen molar-refractivity contribution in [1.29, 1.82) is 0 Å². The number of nitrogens with zero attached hydrogens (tertiary/aromatic N) is 3. The maximum Gasteiger partial charge on any atom is 0.276 e. The van der Waals surface area contributed by atoms with E-state index in [9.17, 15) is 4.79 Å². The van der Waals surface area contributed by atoms with Gasteiger partial charge >= 0.3 is 0 Å². The van der Waals surface area contributed by atoms with E-state index >= 15 is 0 Å². The Hall–Kier alpha value is -3.21. The first kappa shape index (κ1) is 16.3. The fourth-order valence-electron chi connectivity index (χ4n) is 3.40. The summed E-state index contributed by atoms with van der Waals surface area (Å²) in [6.45, 7) is 3.07.